The SMILES string of the molecule is C=C(C)C[C@@H](C)P. The van der Waals surface area contributed by atoms with Crippen LogP contribution in [0.15, 0.2) is 12.2 Å². The van der Waals surface area contributed by atoms with E-state index in [2.05, 4.69) is 29.7 Å². The molecule has 42 valence electrons. The predicted molar refractivity (Wildman–Crippen MR) is 38.6 cm³/mol. The van der Waals surface area contributed by atoms with E-state index in [0.717, 1.165) is 6.42 Å². The first-order valence-corrected chi connectivity index (χ1v) is 3.19. The molecule has 7 heavy (non-hydrogen) atoms. The highest BCUT2D eigenvalue weighted by atomic mass is 31.0. The van der Waals surface area contributed by atoms with Crippen LogP contribution in [0, 0.1) is 0 Å². The van der Waals surface area contributed by atoms with Crippen molar-refractivity contribution in [3.05, 3.63) is 12.2 Å². The molecule has 0 aliphatic rings. The van der Waals surface area contributed by atoms with Gasteiger partial charge in [0.15, 0.2) is 0 Å². The maximum atomic E-state index is 3.78. The lowest BCUT2D eigenvalue weighted by Crippen LogP contribution is -1.87. The van der Waals surface area contributed by atoms with Crippen molar-refractivity contribution < 1.29 is 0 Å². The van der Waals surface area contributed by atoms with Crippen LogP contribution in [0.3, 0.4) is 0 Å². The zero-order chi connectivity index (χ0) is 5.86. The lowest BCUT2D eigenvalue weighted by atomic mass is 10.2. The highest BCUT2D eigenvalue weighted by molar-refractivity contribution is 7.17. The molecule has 0 N–H and O–H groups in total. The Morgan fingerprint density at radius 2 is 2.29 bits per heavy atom. The Bertz CT molecular complexity index is 64.6. The fraction of sp³-hybridized carbons (Fsp3) is 0.667. The first kappa shape index (κ1) is 7.17. The van der Waals surface area contributed by atoms with Crippen LogP contribution in [0.2, 0.25) is 0 Å². The summed E-state index contributed by atoms with van der Waals surface area (Å²) in [6.07, 6.45) is 1.13. The van der Waals surface area contributed by atoms with Crippen LogP contribution < -0.4 is 0 Å². The molecule has 0 aromatic heterocycles. The molecule has 0 saturated carbocycles. The molecule has 0 aromatic carbocycles. The van der Waals surface area contributed by atoms with Crippen LogP contribution in [-0.2, 0) is 0 Å². The summed E-state index contributed by atoms with van der Waals surface area (Å²) in [5, 5.41) is 0. The molecule has 0 spiro atoms. The van der Waals surface area contributed by atoms with Gasteiger partial charge < -0.3 is 0 Å². The van der Waals surface area contributed by atoms with Gasteiger partial charge in [-0.2, -0.15) is 0 Å². The quantitative estimate of drug-likeness (QED) is 0.383. The number of rotatable bonds is 2. The van der Waals surface area contributed by atoms with Gasteiger partial charge in [0.25, 0.3) is 0 Å². The van der Waals surface area contributed by atoms with E-state index in [0.29, 0.717) is 5.66 Å². The maximum absolute atomic E-state index is 3.78. The molecule has 0 nitrogen and oxygen atoms in total. The fourth-order valence-electron chi connectivity index (χ4n) is 0.550. The molecule has 0 bridgehead atoms. The van der Waals surface area contributed by atoms with Crippen molar-refractivity contribution in [1.29, 1.82) is 0 Å². The van der Waals surface area contributed by atoms with Gasteiger partial charge in [0.1, 0.15) is 0 Å². The van der Waals surface area contributed by atoms with E-state index in [1.807, 2.05) is 0 Å². The molecule has 0 aliphatic carbocycles. The topological polar surface area (TPSA) is 0 Å². The normalized spacial score (nSPS) is 13.6. The minimum Gasteiger partial charge on any atom is -0.134 e. The van der Waals surface area contributed by atoms with Gasteiger partial charge in [0.05, 0.1) is 0 Å². The summed E-state index contributed by atoms with van der Waals surface area (Å²) >= 11 is 0. The molecule has 0 fully saturated rings. The lowest BCUT2D eigenvalue weighted by molar-refractivity contribution is 0.931. The third kappa shape index (κ3) is 6.17. The van der Waals surface area contributed by atoms with E-state index in [1.165, 1.54) is 5.57 Å². The Labute approximate surface area is 48.2 Å². The van der Waals surface area contributed by atoms with Crippen molar-refractivity contribution in [3.63, 3.8) is 0 Å². The zero-order valence-electron chi connectivity index (χ0n) is 5.07. The van der Waals surface area contributed by atoms with Crippen molar-refractivity contribution in [3.8, 4) is 0 Å². The van der Waals surface area contributed by atoms with Crippen LogP contribution in [0.1, 0.15) is 20.3 Å². The summed E-state index contributed by atoms with van der Waals surface area (Å²) in [7, 11) is 2.74. The summed E-state index contributed by atoms with van der Waals surface area (Å²) in [5.41, 5.74) is 1.96. The Balaban J connectivity index is 3.13. The molecule has 0 saturated heterocycles. The van der Waals surface area contributed by atoms with Crippen LogP contribution >= 0.6 is 9.24 Å². The average Bonchev–Trinajstić information content (AvgIpc) is 1.27. The van der Waals surface area contributed by atoms with Crippen LogP contribution in [-0.4, -0.2) is 5.66 Å². The number of hydrogen-bond donors (Lipinski definition) is 0. The van der Waals surface area contributed by atoms with Crippen molar-refractivity contribution in [2.24, 2.45) is 0 Å². The minimum absolute atomic E-state index is 0.692. The number of allylic oxidation sites excluding steroid dienone is 1. The second-order valence-corrected chi connectivity index (χ2v) is 3.28. The monoisotopic (exact) mass is 116 g/mol. The smallest absolute Gasteiger partial charge is 0.0256 e. The van der Waals surface area contributed by atoms with E-state index in [1.54, 1.807) is 0 Å². The van der Waals surface area contributed by atoms with Gasteiger partial charge in [0.2, 0.25) is 0 Å². The van der Waals surface area contributed by atoms with Crippen LogP contribution in [0.4, 0.5) is 0 Å². The largest absolute Gasteiger partial charge is 0.134 e. The minimum atomic E-state index is 0.692. The van der Waals surface area contributed by atoms with Gasteiger partial charge in [-0.3, -0.25) is 0 Å². The van der Waals surface area contributed by atoms with Crippen molar-refractivity contribution in [2.75, 3.05) is 0 Å². The van der Waals surface area contributed by atoms with Crippen molar-refractivity contribution in [2.45, 2.75) is 25.9 Å². The van der Waals surface area contributed by atoms with Crippen LogP contribution in [0.25, 0.3) is 0 Å². The van der Waals surface area contributed by atoms with Gasteiger partial charge in [-0.25, -0.2) is 0 Å². The summed E-state index contributed by atoms with van der Waals surface area (Å²) < 4.78 is 0. The Hall–Kier alpha value is 0.170. The summed E-state index contributed by atoms with van der Waals surface area (Å²) in [5.74, 6) is 0. The third-order valence-electron chi connectivity index (χ3n) is 0.670. The summed E-state index contributed by atoms with van der Waals surface area (Å²) in [6, 6.07) is 0. The molecule has 0 aliphatic heterocycles. The molecular formula is C6H13P. The molecule has 0 heterocycles. The van der Waals surface area contributed by atoms with Gasteiger partial charge in [0, 0.05) is 0 Å². The Morgan fingerprint density at radius 1 is 1.86 bits per heavy atom. The highest BCUT2D eigenvalue weighted by Crippen LogP contribution is 2.08. The fourth-order valence-corrected chi connectivity index (χ4v) is 0.952. The van der Waals surface area contributed by atoms with E-state index in [4.69, 9.17) is 0 Å². The third-order valence-corrected chi connectivity index (χ3v) is 0.906. The lowest BCUT2D eigenvalue weighted by Gasteiger charge is -1.99. The maximum Gasteiger partial charge on any atom is -0.0256 e. The molecule has 0 amide bonds. The zero-order valence-corrected chi connectivity index (χ0v) is 6.22. The standard InChI is InChI=1S/C6H13P/c1-5(2)4-6(3)7/h6H,1,4,7H2,2-3H3/t6-/m1/s1. The van der Waals surface area contributed by atoms with Gasteiger partial charge in [-0.15, -0.1) is 15.8 Å². The van der Waals surface area contributed by atoms with Gasteiger partial charge in [-0.1, -0.05) is 12.5 Å². The predicted octanol–water partition coefficient (Wildman–Crippen LogP) is 2.22. The molecule has 0 aromatic rings. The van der Waals surface area contributed by atoms with E-state index >= 15 is 0 Å². The van der Waals surface area contributed by atoms with Gasteiger partial charge in [-0.05, 0) is 19.0 Å². The van der Waals surface area contributed by atoms with E-state index in [9.17, 15) is 0 Å². The van der Waals surface area contributed by atoms with Crippen LogP contribution in [0.5, 0.6) is 0 Å². The molecule has 2 atom stereocenters. The van der Waals surface area contributed by atoms with Crippen molar-refractivity contribution >= 4 is 9.24 Å². The molecule has 0 rings (SSSR count). The number of hydrogen-bond acceptors (Lipinski definition) is 0. The molecule has 0 radical (unpaired) electrons. The second kappa shape index (κ2) is 3.21. The summed E-state index contributed by atoms with van der Waals surface area (Å²) in [4.78, 5) is 0. The molecule has 1 heteroatoms. The Morgan fingerprint density at radius 3 is 2.29 bits per heavy atom. The molecule has 1 unspecified atom stereocenters. The Kier molecular flexibility index (Phi) is 3.29. The van der Waals surface area contributed by atoms with Crippen molar-refractivity contribution in [1.82, 2.24) is 0 Å². The van der Waals surface area contributed by atoms with Gasteiger partial charge >= 0.3 is 0 Å². The summed E-state index contributed by atoms with van der Waals surface area (Å²) in [6.45, 7) is 8.00. The van der Waals surface area contributed by atoms with E-state index < -0.39 is 0 Å². The highest BCUT2D eigenvalue weighted by Gasteiger charge is 1.90. The average molecular weight is 116 g/mol. The van der Waals surface area contributed by atoms with E-state index in [-0.39, 0.29) is 0 Å². The first-order chi connectivity index (χ1) is 3.13. The molecular weight excluding hydrogens is 103 g/mol. The second-order valence-electron chi connectivity index (χ2n) is 2.14. The first-order valence-electron chi connectivity index (χ1n) is 2.53.